The Kier molecular flexibility index (Phi) is 4.39. The third-order valence-corrected chi connectivity index (χ3v) is 3.52. The molecule has 0 saturated heterocycles. The maximum absolute atomic E-state index is 12.2. The van der Waals surface area contributed by atoms with Crippen LogP contribution in [-0.4, -0.2) is 40.5 Å². The Bertz CT molecular complexity index is 514. The Balaban J connectivity index is 2.18. The van der Waals surface area contributed by atoms with Crippen molar-refractivity contribution in [3.63, 3.8) is 0 Å². The zero-order valence-electron chi connectivity index (χ0n) is 11.8. The Morgan fingerprint density at radius 3 is 2.60 bits per heavy atom. The maximum Gasteiger partial charge on any atom is 0.326 e. The quantitative estimate of drug-likeness (QED) is 0.861. The number of benzene rings is 1. The molecule has 1 heterocycles. The van der Waals surface area contributed by atoms with Gasteiger partial charge in [-0.2, -0.15) is 0 Å². The minimum absolute atomic E-state index is 0.166. The van der Waals surface area contributed by atoms with Gasteiger partial charge in [-0.15, -0.1) is 0 Å². The van der Waals surface area contributed by atoms with E-state index in [9.17, 15) is 14.7 Å². The summed E-state index contributed by atoms with van der Waals surface area (Å²) in [5.41, 5.74) is 2.05. The predicted octanol–water partition coefficient (Wildman–Crippen LogP) is 1.02. The molecule has 0 saturated carbocycles. The number of nitrogens with one attached hydrogen (secondary N) is 1. The predicted molar refractivity (Wildman–Crippen MR) is 75.3 cm³/mol. The van der Waals surface area contributed by atoms with Gasteiger partial charge in [0.25, 0.3) is 0 Å². The van der Waals surface area contributed by atoms with E-state index in [2.05, 4.69) is 5.32 Å². The van der Waals surface area contributed by atoms with E-state index in [-0.39, 0.29) is 18.5 Å². The molecule has 1 aromatic rings. The first-order chi connectivity index (χ1) is 9.49. The third kappa shape index (κ3) is 3.17. The lowest BCUT2D eigenvalue weighted by molar-refractivity contribution is -0.151. The molecule has 0 spiro atoms. The average Bonchev–Trinajstić information content (AvgIpc) is 2.43. The molecule has 108 valence electrons. The van der Waals surface area contributed by atoms with Crippen molar-refractivity contribution in [3.05, 3.63) is 35.4 Å². The van der Waals surface area contributed by atoms with Crippen molar-refractivity contribution in [1.82, 2.24) is 10.2 Å². The minimum Gasteiger partial charge on any atom is -0.480 e. The number of carbonyl (C=O) groups is 2. The molecule has 0 fully saturated rings. The summed E-state index contributed by atoms with van der Waals surface area (Å²) < 4.78 is 0. The van der Waals surface area contributed by atoms with Crippen molar-refractivity contribution < 1.29 is 14.7 Å². The van der Waals surface area contributed by atoms with Gasteiger partial charge in [-0.3, -0.25) is 4.79 Å². The van der Waals surface area contributed by atoms with Gasteiger partial charge in [0.05, 0.1) is 6.54 Å². The van der Waals surface area contributed by atoms with Gasteiger partial charge in [0, 0.05) is 19.0 Å². The number of nitrogens with zero attached hydrogens (tertiary/aromatic N) is 1. The molecule has 0 bridgehead atoms. The summed E-state index contributed by atoms with van der Waals surface area (Å²) in [6, 6.07) is 7.11. The van der Waals surface area contributed by atoms with Crippen LogP contribution in [0.2, 0.25) is 0 Å². The molecular formula is C15H20N2O3. The smallest absolute Gasteiger partial charge is 0.326 e. The van der Waals surface area contributed by atoms with Crippen molar-refractivity contribution in [1.29, 1.82) is 0 Å². The van der Waals surface area contributed by atoms with E-state index in [0.717, 1.165) is 11.1 Å². The van der Waals surface area contributed by atoms with Gasteiger partial charge >= 0.3 is 5.97 Å². The van der Waals surface area contributed by atoms with E-state index in [0.29, 0.717) is 13.0 Å². The topological polar surface area (TPSA) is 69.6 Å². The molecule has 1 amide bonds. The van der Waals surface area contributed by atoms with E-state index in [1.165, 1.54) is 4.90 Å². The fourth-order valence-corrected chi connectivity index (χ4v) is 2.40. The number of amides is 1. The van der Waals surface area contributed by atoms with E-state index in [1.54, 1.807) is 0 Å². The average molecular weight is 276 g/mol. The molecule has 20 heavy (non-hydrogen) atoms. The Labute approximate surface area is 118 Å². The fraction of sp³-hybridized carbons (Fsp3) is 0.467. The Morgan fingerprint density at radius 2 is 2.00 bits per heavy atom. The summed E-state index contributed by atoms with van der Waals surface area (Å²) in [7, 11) is 0. The standard InChI is InChI=1S/C15H20N2O3/c1-10(2)16-8-14(18)17-9-12-6-4-3-5-11(12)7-13(17)15(19)20/h3-6,10,13,16H,7-9H2,1-2H3,(H,19,20)/t13-/m0/s1. The number of carboxylic acid groups (broad SMARTS) is 1. The number of hydrogen-bond donors (Lipinski definition) is 2. The van der Waals surface area contributed by atoms with E-state index >= 15 is 0 Å². The zero-order valence-corrected chi connectivity index (χ0v) is 11.8. The number of hydrogen-bond acceptors (Lipinski definition) is 3. The first-order valence-electron chi connectivity index (χ1n) is 6.81. The van der Waals surface area contributed by atoms with Gasteiger partial charge in [-0.05, 0) is 11.1 Å². The van der Waals surface area contributed by atoms with Crippen LogP contribution in [0.25, 0.3) is 0 Å². The lowest BCUT2D eigenvalue weighted by atomic mass is 9.94. The highest BCUT2D eigenvalue weighted by molar-refractivity contribution is 5.85. The maximum atomic E-state index is 12.2. The van der Waals surface area contributed by atoms with Crippen LogP contribution >= 0.6 is 0 Å². The molecule has 5 nitrogen and oxygen atoms in total. The third-order valence-electron chi connectivity index (χ3n) is 3.52. The van der Waals surface area contributed by atoms with Crippen LogP contribution < -0.4 is 5.32 Å². The number of carboxylic acids is 1. The van der Waals surface area contributed by atoms with Crippen molar-refractivity contribution in [2.45, 2.75) is 38.9 Å². The van der Waals surface area contributed by atoms with Gasteiger partial charge in [0.2, 0.25) is 5.91 Å². The molecule has 1 aromatic carbocycles. The lowest BCUT2D eigenvalue weighted by Gasteiger charge is -2.34. The number of aliphatic carboxylic acids is 1. The summed E-state index contributed by atoms with van der Waals surface area (Å²) in [6.07, 6.45) is 0.374. The molecule has 1 aliphatic heterocycles. The van der Waals surface area contributed by atoms with E-state index in [4.69, 9.17) is 0 Å². The molecule has 1 atom stereocenters. The molecule has 1 aliphatic rings. The van der Waals surface area contributed by atoms with Crippen LogP contribution in [0, 0.1) is 0 Å². The van der Waals surface area contributed by atoms with Crippen molar-refractivity contribution in [3.8, 4) is 0 Å². The van der Waals surface area contributed by atoms with Gasteiger partial charge in [-0.25, -0.2) is 4.79 Å². The molecule has 0 radical (unpaired) electrons. The van der Waals surface area contributed by atoms with Crippen molar-refractivity contribution >= 4 is 11.9 Å². The zero-order chi connectivity index (χ0) is 14.7. The Morgan fingerprint density at radius 1 is 1.35 bits per heavy atom. The summed E-state index contributed by atoms with van der Waals surface area (Å²) >= 11 is 0. The summed E-state index contributed by atoms with van der Waals surface area (Å²) in [5.74, 6) is -1.11. The van der Waals surface area contributed by atoms with Gasteiger partial charge in [-0.1, -0.05) is 38.1 Å². The van der Waals surface area contributed by atoms with Crippen molar-refractivity contribution in [2.24, 2.45) is 0 Å². The molecule has 0 aromatic heterocycles. The van der Waals surface area contributed by atoms with Crippen LogP contribution in [0.5, 0.6) is 0 Å². The van der Waals surface area contributed by atoms with Gasteiger partial charge in [0.15, 0.2) is 0 Å². The largest absolute Gasteiger partial charge is 0.480 e. The van der Waals surface area contributed by atoms with Gasteiger partial charge in [0.1, 0.15) is 6.04 Å². The number of fused-ring (bicyclic) bond motifs is 1. The molecular weight excluding hydrogens is 256 g/mol. The minimum atomic E-state index is -0.947. The number of carbonyl (C=O) groups excluding carboxylic acids is 1. The van der Waals surface area contributed by atoms with Crippen LogP contribution in [0.4, 0.5) is 0 Å². The molecule has 0 unspecified atom stereocenters. The second kappa shape index (κ2) is 6.05. The first kappa shape index (κ1) is 14.5. The highest BCUT2D eigenvalue weighted by Gasteiger charge is 2.34. The molecule has 5 heteroatoms. The molecule has 0 aliphatic carbocycles. The lowest BCUT2D eigenvalue weighted by Crippen LogP contribution is -2.51. The number of rotatable bonds is 4. The molecule has 2 rings (SSSR count). The Hall–Kier alpha value is -1.88. The summed E-state index contributed by atoms with van der Waals surface area (Å²) in [5, 5.41) is 12.4. The van der Waals surface area contributed by atoms with Crippen molar-refractivity contribution in [2.75, 3.05) is 6.54 Å². The summed E-state index contributed by atoms with van der Waals surface area (Å²) in [4.78, 5) is 25.1. The molecule has 2 N–H and O–H groups in total. The van der Waals surface area contributed by atoms with Crippen LogP contribution in [0.15, 0.2) is 24.3 Å². The monoisotopic (exact) mass is 276 g/mol. The highest BCUT2D eigenvalue weighted by Crippen LogP contribution is 2.23. The van der Waals surface area contributed by atoms with Gasteiger partial charge < -0.3 is 15.3 Å². The normalized spacial score (nSPS) is 17.9. The van der Waals surface area contributed by atoms with E-state index < -0.39 is 12.0 Å². The summed E-state index contributed by atoms with van der Waals surface area (Å²) in [6.45, 7) is 4.44. The van der Waals surface area contributed by atoms with Crippen LogP contribution in [-0.2, 0) is 22.6 Å². The first-order valence-corrected chi connectivity index (χ1v) is 6.81. The second-order valence-electron chi connectivity index (χ2n) is 5.38. The van der Waals surface area contributed by atoms with Crippen LogP contribution in [0.1, 0.15) is 25.0 Å². The van der Waals surface area contributed by atoms with E-state index in [1.807, 2.05) is 38.1 Å². The van der Waals surface area contributed by atoms with Crippen LogP contribution in [0.3, 0.4) is 0 Å². The fourth-order valence-electron chi connectivity index (χ4n) is 2.40. The second-order valence-corrected chi connectivity index (χ2v) is 5.38. The SMILES string of the molecule is CC(C)NCC(=O)N1Cc2ccccc2C[C@H]1C(=O)O. The highest BCUT2D eigenvalue weighted by atomic mass is 16.4.